The van der Waals surface area contributed by atoms with Gasteiger partial charge in [-0.3, -0.25) is 4.90 Å². The van der Waals surface area contributed by atoms with E-state index in [1.807, 2.05) is 24.3 Å². The third-order valence-electron chi connectivity index (χ3n) is 3.92. The van der Waals surface area contributed by atoms with Gasteiger partial charge < -0.3 is 5.11 Å². The Morgan fingerprint density at radius 1 is 1.11 bits per heavy atom. The predicted octanol–water partition coefficient (Wildman–Crippen LogP) is 3.42. The monoisotopic (exact) mass is 267 g/mol. The van der Waals surface area contributed by atoms with Crippen LogP contribution >= 0.6 is 11.6 Å². The normalized spacial score (nSPS) is 20.9. The van der Waals surface area contributed by atoms with E-state index in [1.165, 1.54) is 0 Å². The van der Waals surface area contributed by atoms with E-state index >= 15 is 0 Å². The second-order valence-electron chi connectivity index (χ2n) is 6.20. The van der Waals surface area contributed by atoms with Crippen molar-refractivity contribution < 1.29 is 5.11 Å². The standard InChI is InChI=1S/C15H22ClNO/c1-14(2,3)17-10-8-15(18,9-11-17)12-4-6-13(16)7-5-12/h4-7,18H,8-11H2,1-3H3. The van der Waals surface area contributed by atoms with Gasteiger partial charge in [-0.25, -0.2) is 0 Å². The number of benzene rings is 1. The van der Waals surface area contributed by atoms with E-state index in [2.05, 4.69) is 25.7 Å². The Balaban J connectivity index is 2.10. The molecule has 0 atom stereocenters. The quantitative estimate of drug-likeness (QED) is 0.843. The Hall–Kier alpha value is -0.570. The molecule has 2 rings (SSSR count). The van der Waals surface area contributed by atoms with Crippen molar-refractivity contribution in [1.29, 1.82) is 0 Å². The molecule has 0 amide bonds. The van der Waals surface area contributed by atoms with E-state index in [1.54, 1.807) is 0 Å². The van der Waals surface area contributed by atoms with Crippen LogP contribution in [0.2, 0.25) is 5.02 Å². The van der Waals surface area contributed by atoms with Gasteiger partial charge in [0, 0.05) is 23.7 Å². The Bertz CT molecular complexity index is 399. The highest BCUT2D eigenvalue weighted by molar-refractivity contribution is 6.30. The minimum absolute atomic E-state index is 0.182. The highest BCUT2D eigenvalue weighted by Gasteiger charge is 2.36. The zero-order chi connectivity index (χ0) is 13.4. The summed E-state index contributed by atoms with van der Waals surface area (Å²) in [4.78, 5) is 2.43. The molecule has 0 radical (unpaired) electrons. The van der Waals surface area contributed by atoms with Gasteiger partial charge >= 0.3 is 0 Å². The first-order valence-electron chi connectivity index (χ1n) is 6.55. The third kappa shape index (κ3) is 2.87. The minimum Gasteiger partial charge on any atom is -0.385 e. The third-order valence-corrected chi connectivity index (χ3v) is 4.17. The number of rotatable bonds is 1. The maximum atomic E-state index is 10.7. The highest BCUT2D eigenvalue weighted by atomic mass is 35.5. The van der Waals surface area contributed by atoms with Crippen molar-refractivity contribution in [3.63, 3.8) is 0 Å². The fraction of sp³-hybridized carbons (Fsp3) is 0.600. The van der Waals surface area contributed by atoms with Crippen LogP contribution in [0.1, 0.15) is 39.2 Å². The fourth-order valence-corrected chi connectivity index (χ4v) is 2.72. The second kappa shape index (κ2) is 4.84. The van der Waals surface area contributed by atoms with E-state index in [0.29, 0.717) is 0 Å². The van der Waals surface area contributed by atoms with Crippen LogP contribution in [0.5, 0.6) is 0 Å². The minimum atomic E-state index is -0.688. The summed E-state index contributed by atoms with van der Waals surface area (Å²) in [6.45, 7) is 8.53. The van der Waals surface area contributed by atoms with Crippen LogP contribution in [0.4, 0.5) is 0 Å². The molecule has 0 saturated carbocycles. The average Bonchev–Trinajstić information content (AvgIpc) is 2.29. The molecule has 1 fully saturated rings. The summed E-state index contributed by atoms with van der Waals surface area (Å²) in [5.74, 6) is 0. The van der Waals surface area contributed by atoms with E-state index in [4.69, 9.17) is 11.6 Å². The first-order valence-corrected chi connectivity index (χ1v) is 6.93. The van der Waals surface area contributed by atoms with Crippen molar-refractivity contribution in [2.45, 2.75) is 44.8 Å². The van der Waals surface area contributed by atoms with E-state index < -0.39 is 5.60 Å². The SMILES string of the molecule is CC(C)(C)N1CCC(O)(c2ccc(Cl)cc2)CC1. The van der Waals surface area contributed by atoms with Crippen molar-refractivity contribution in [1.82, 2.24) is 4.90 Å². The molecule has 1 saturated heterocycles. The van der Waals surface area contributed by atoms with E-state index in [9.17, 15) is 5.11 Å². The number of hydrogen-bond donors (Lipinski definition) is 1. The molecular formula is C15H22ClNO. The van der Waals surface area contributed by atoms with Crippen LogP contribution in [0.25, 0.3) is 0 Å². The number of nitrogens with zero attached hydrogens (tertiary/aromatic N) is 1. The zero-order valence-electron chi connectivity index (χ0n) is 11.4. The zero-order valence-corrected chi connectivity index (χ0v) is 12.2. The summed E-state index contributed by atoms with van der Waals surface area (Å²) < 4.78 is 0. The molecule has 2 nitrogen and oxygen atoms in total. The van der Waals surface area contributed by atoms with Gasteiger partial charge in [0.2, 0.25) is 0 Å². The largest absolute Gasteiger partial charge is 0.385 e. The van der Waals surface area contributed by atoms with Crippen molar-refractivity contribution in [2.75, 3.05) is 13.1 Å². The van der Waals surface area contributed by atoms with Gasteiger partial charge in [0.1, 0.15) is 0 Å². The van der Waals surface area contributed by atoms with Gasteiger partial charge in [0.05, 0.1) is 5.60 Å². The molecule has 1 aliphatic rings. The average molecular weight is 268 g/mol. The number of hydrogen-bond acceptors (Lipinski definition) is 2. The lowest BCUT2D eigenvalue weighted by atomic mass is 9.83. The highest BCUT2D eigenvalue weighted by Crippen LogP contribution is 2.35. The lowest BCUT2D eigenvalue weighted by Crippen LogP contribution is -2.50. The second-order valence-corrected chi connectivity index (χ2v) is 6.63. The summed E-state index contributed by atoms with van der Waals surface area (Å²) >= 11 is 5.89. The van der Waals surface area contributed by atoms with Gasteiger partial charge in [-0.15, -0.1) is 0 Å². The van der Waals surface area contributed by atoms with Crippen LogP contribution in [0, 0.1) is 0 Å². The molecule has 1 N–H and O–H groups in total. The number of aliphatic hydroxyl groups is 1. The van der Waals surface area contributed by atoms with Crippen LogP contribution in [0.15, 0.2) is 24.3 Å². The molecule has 1 aromatic rings. The molecule has 3 heteroatoms. The molecule has 1 aromatic carbocycles. The fourth-order valence-electron chi connectivity index (χ4n) is 2.60. The number of likely N-dealkylation sites (tertiary alicyclic amines) is 1. The Morgan fingerprint density at radius 2 is 1.61 bits per heavy atom. The topological polar surface area (TPSA) is 23.5 Å². The first kappa shape index (κ1) is 13.9. The van der Waals surface area contributed by atoms with Crippen molar-refractivity contribution in [3.05, 3.63) is 34.9 Å². The number of piperidine rings is 1. The Morgan fingerprint density at radius 3 is 2.06 bits per heavy atom. The molecule has 0 spiro atoms. The maximum absolute atomic E-state index is 10.7. The molecule has 0 unspecified atom stereocenters. The first-order chi connectivity index (χ1) is 8.31. The van der Waals surface area contributed by atoms with Gasteiger partial charge in [0.25, 0.3) is 0 Å². The van der Waals surface area contributed by atoms with Crippen molar-refractivity contribution in [3.8, 4) is 0 Å². The molecular weight excluding hydrogens is 246 g/mol. The molecule has 100 valence electrons. The van der Waals surface area contributed by atoms with Gasteiger partial charge in [-0.1, -0.05) is 23.7 Å². The van der Waals surface area contributed by atoms with Crippen LogP contribution in [-0.2, 0) is 5.60 Å². The van der Waals surface area contributed by atoms with Gasteiger partial charge in [0.15, 0.2) is 0 Å². The lowest BCUT2D eigenvalue weighted by molar-refractivity contribution is -0.0461. The molecule has 0 aromatic heterocycles. The van der Waals surface area contributed by atoms with Gasteiger partial charge in [-0.05, 0) is 51.3 Å². The maximum Gasteiger partial charge on any atom is 0.0920 e. The molecule has 1 aliphatic heterocycles. The summed E-state index contributed by atoms with van der Waals surface area (Å²) in [5, 5.41) is 11.5. The summed E-state index contributed by atoms with van der Waals surface area (Å²) in [6.07, 6.45) is 1.57. The molecule has 0 bridgehead atoms. The lowest BCUT2D eigenvalue weighted by Gasteiger charge is -2.44. The smallest absolute Gasteiger partial charge is 0.0920 e. The van der Waals surface area contributed by atoms with Crippen LogP contribution in [0.3, 0.4) is 0 Å². The Labute approximate surface area is 115 Å². The summed E-state index contributed by atoms with van der Waals surface area (Å²) in [6, 6.07) is 7.58. The van der Waals surface area contributed by atoms with E-state index in [-0.39, 0.29) is 5.54 Å². The molecule has 1 heterocycles. The summed E-state index contributed by atoms with van der Waals surface area (Å²) in [5.41, 5.74) is 0.480. The number of halogens is 1. The van der Waals surface area contributed by atoms with Crippen molar-refractivity contribution >= 4 is 11.6 Å². The van der Waals surface area contributed by atoms with Gasteiger partial charge in [-0.2, -0.15) is 0 Å². The molecule has 18 heavy (non-hydrogen) atoms. The van der Waals surface area contributed by atoms with Crippen LogP contribution < -0.4 is 0 Å². The predicted molar refractivity (Wildman–Crippen MR) is 75.9 cm³/mol. The summed E-state index contributed by atoms with van der Waals surface area (Å²) in [7, 11) is 0. The molecule has 0 aliphatic carbocycles. The van der Waals surface area contributed by atoms with E-state index in [0.717, 1.165) is 36.5 Å². The van der Waals surface area contributed by atoms with Crippen LogP contribution in [-0.4, -0.2) is 28.6 Å². The van der Waals surface area contributed by atoms with Crippen molar-refractivity contribution in [2.24, 2.45) is 0 Å². The Kier molecular flexibility index (Phi) is 3.72.